The summed E-state index contributed by atoms with van der Waals surface area (Å²) in [6.07, 6.45) is 0.166. The average Bonchev–Trinajstić information content (AvgIpc) is 2.70. The Morgan fingerprint density at radius 3 is 2.55 bits per heavy atom. The van der Waals surface area contributed by atoms with Crippen LogP contribution in [0.1, 0.15) is 37.0 Å². The molecule has 122 valence electrons. The third kappa shape index (κ3) is 3.25. The molecule has 1 aromatic rings. The van der Waals surface area contributed by atoms with Crippen molar-refractivity contribution in [1.82, 2.24) is 4.98 Å². The van der Waals surface area contributed by atoms with Gasteiger partial charge in [-0.25, -0.2) is 4.98 Å². The van der Waals surface area contributed by atoms with Crippen molar-refractivity contribution in [2.45, 2.75) is 45.2 Å². The number of hydrogen-bond donors (Lipinski definition) is 2. The molecule has 0 aliphatic carbocycles. The van der Waals surface area contributed by atoms with E-state index in [4.69, 9.17) is 14.5 Å². The fraction of sp³-hybridized carbons (Fsp3) is 0.688. The maximum absolute atomic E-state index is 9.74. The summed E-state index contributed by atoms with van der Waals surface area (Å²) in [7, 11) is 0. The number of fused-ring (bicyclic) bond motifs is 1. The average molecular weight is 308 g/mol. The zero-order valence-electron chi connectivity index (χ0n) is 13.2. The first kappa shape index (κ1) is 15.7. The van der Waals surface area contributed by atoms with Gasteiger partial charge in [-0.15, -0.1) is 0 Å². The van der Waals surface area contributed by atoms with Gasteiger partial charge in [0, 0.05) is 30.8 Å². The van der Waals surface area contributed by atoms with Crippen LogP contribution in [-0.4, -0.2) is 53.7 Å². The third-order valence-electron chi connectivity index (χ3n) is 4.23. The van der Waals surface area contributed by atoms with E-state index in [0.29, 0.717) is 31.6 Å². The first-order valence-corrected chi connectivity index (χ1v) is 7.91. The van der Waals surface area contributed by atoms with Crippen LogP contribution in [-0.2, 0) is 22.3 Å². The Labute approximate surface area is 130 Å². The van der Waals surface area contributed by atoms with Gasteiger partial charge in [0.05, 0.1) is 25.4 Å². The van der Waals surface area contributed by atoms with Crippen LogP contribution in [0.5, 0.6) is 0 Å². The lowest BCUT2D eigenvalue weighted by atomic mass is 10.0. The molecule has 1 aromatic heterocycles. The lowest BCUT2D eigenvalue weighted by molar-refractivity contribution is -0.0432. The van der Waals surface area contributed by atoms with E-state index in [-0.39, 0.29) is 12.2 Å². The Hall–Kier alpha value is -1.21. The zero-order valence-corrected chi connectivity index (χ0v) is 13.2. The molecule has 6 nitrogen and oxygen atoms in total. The topological polar surface area (TPSA) is 75.1 Å². The summed E-state index contributed by atoms with van der Waals surface area (Å²) >= 11 is 0. The standard InChI is InChI=1S/C16H24N2O4/c1-10-8-18(9-11(2)22-10)15-7-13(16(19)20)12-3-5-21-6-4-14(12)17-15/h7,10-11,16,19-20H,3-6,8-9H2,1-2H3/t10-,11+. The van der Waals surface area contributed by atoms with Crippen LogP contribution < -0.4 is 4.90 Å². The second-order valence-electron chi connectivity index (χ2n) is 6.14. The lowest BCUT2D eigenvalue weighted by Crippen LogP contribution is -2.46. The van der Waals surface area contributed by atoms with Crippen LogP contribution in [0.4, 0.5) is 5.82 Å². The van der Waals surface area contributed by atoms with Crippen molar-refractivity contribution in [2.75, 3.05) is 31.2 Å². The quantitative estimate of drug-likeness (QED) is 0.787. The van der Waals surface area contributed by atoms with Crippen LogP contribution in [0, 0.1) is 0 Å². The van der Waals surface area contributed by atoms with Gasteiger partial charge in [0.1, 0.15) is 5.82 Å². The van der Waals surface area contributed by atoms with Gasteiger partial charge in [-0.3, -0.25) is 0 Å². The second-order valence-corrected chi connectivity index (χ2v) is 6.14. The molecule has 0 aromatic carbocycles. The number of aromatic nitrogens is 1. The van der Waals surface area contributed by atoms with Crippen molar-refractivity contribution < 1.29 is 19.7 Å². The molecule has 6 heteroatoms. The first-order chi connectivity index (χ1) is 10.5. The Morgan fingerprint density at radius 1 is 1.18 bits per heavy atom. The van der Waals surface area contributed by atoms with E-state index in [2.05, 4.69) is 4.90 Å². The Morgan fingerprint density at radius 2 is 1.86 bits per heavy atom. The van der Waals surface area contributed by atoms with E-state index in [9.17, 15) is 10.2 Å². The van der Waals surface area contributed by atoms with Gasteiger partial charge in [-0.1, -0.05) is 0 Å². The van der Waals surface area contributed by atoms with Crippen molar-refractivity contribution in [1.29, 1.82) is 0 Å². The maximum Gasteiger partial charge on any atom is 0.178 e. The number of aliphatic hydroxyl groups excluding tert-OH is 1. The molecular weight excluding hydrogens is 284 g/mol. The van der Waals surface area contributed by atoms with Crippen molar-refractivity contribution in [3.8, 4) is 0 Å². The fourth-order valence-corrected chi connectivity index (χ4v) is 3.33. The molecule has 2 aliphatic rings. The Kier molecular flexibility index (Phi) is 4.63. The lowest BCUT2D eigenvalue weighted by Gasteiger charge is -2.36. The van der Waals surface area contributed by atoms with Gasteiger partial charge >= 0.3 is 0 Å². The van der Waals surface area contributed by atoms with Crippen molar-refractivity contribution in [2.24, 2.45) is 0 Å². The summed E-state index contributed by atoms with van der Waals surface area (Å²) < 4.78 is 11.3. The highest BCUT2D eigenvalue weighted by atomic mass is 16.5. The Bertz CT molecular complexity index is 525. The SMILES string of the molecule is C[C@@H]1CN(c2cc(C(O)O)c3c(n2)CCOCC3)C[C@H](C)O1. The van der Waals surface area contributed by atoms with Gasteiger partial charge in [0.2, 0.25) is 0 Å². The van der Waals surface area contributed by atoms with Gasteiger partial charge in [-0.05, 0) is 31.9 Å². The molecule has 2 N–H and O–H groups in total. The molecule has 2 aliphatic heterocycles. The highest BCUT2D eigenvalue weighted by molar-refractivity contribution is 5.48. The monoisotopic (exact) mass is 308 g/mol. The predicted molar refractivity (Wildman–Crippen MR) is 81.9 cm³/mol. The summed E-state index contributed by atoms with van der Waals surface area (Å²) in [6, 6.07) is 1.81. The van der Waals surface area contributed by atoms with E-state index >= 15 is 0 Å². The summed E-state index contributed by atoms with van der Waals surface area (Å²) in [4.78, 5) is 6.94. The van der Waals surface area contributed by atoms with Crippen LogP contribution in [0.2, 0.25) is 0 Å². The number of rotatable bonds is 2. The number of morpholine rings is 1. The second kappa shape index (κ2) is 6.50. The normalized spacial score (nSPS) is 26.0. The highest BCUT2D eigenvalue weighted by Crippen LogP contribution is 2.28. The number of anilines is 1. The van der Waals surface area contributed by atoms with Crippen molar-refractivity contribution in [3.63, 3.8) is 0 Å². The van der Waals surface area contributed by atoms with Gasteiger partial charge in [0.15, 0.2) is 6.29 Å². The van der Waals surface area contributed by atoms with Gasteiger partial charge in [-0.2, -0.15) is 0 Å². The third-order valence-corrected chi connectivity index (χ3v) is 4.23. The molecule has 0 spiro atoms. The van der Waals surface area contributed by atoms with Crippen LogP contribution in [0.3, 0.4) is 0 Å². The number of hydrogen-bond acceptors (Lipinski definition) is 6. The summed E-state index contributed by atoms with van der Waals surface area (Å²) in [5.41, 5.74) is 2.40. The molecule has 0 amide bonds. The molecule has 0 saturated carbocycles. The molecule has 0 radical (unpaired) electrons. The van der Waals surface area contributed by atoms with E-state index in [0.717, 1.165) is 30.2 Å². The molecule has 3 rings (SSSR count). The molecule has 0 bridgehead atoms. The van der Waals surface area contributed by atoms with Crippen molar-refractivity contribution in [3.05, 3.63) is 22.9 Å². The minimum Gasteiger partial charge on any atom is -0.381 e. The van der Waals surface area contributed by atoms with Gasteiger partial charge in [0.25, 0.3) is 0 Å². The molecule has 22 heavy (non-hydrogen) atoms. The molecule has 0 unspecified atom stereocenters. The summed E-state index contributed by atoms with van der Waals surface area (Å²) in [5, 5.41) is 19.5. The zero-order chi connectivity index (χ0) is 15.7. The highest BCUT2D eigenvalue weighted by Gasteiger charge is 2.26. The minimum atomic E-state index is -1.48. The minimum absolute atomic E-state index is 0.134. The van der Waals surface area contributed by atoms with Crippen LogP contribution in [0.25, 0.3) is 0 Å². The molecule has 3 heterocycles. The maximum atomic E-state index is 9.74. The molecular formula is C16H24N2O4. The number of aliphatic hydroxyl groups is 2. The van der Waals surface area contributed by atoms with Crippen molar-refractivity contribution >= 4 is 5.82 Å². The number of pyridine rings is 1. The predicted octanol–water partition coefficient (Wildman–Crippen LogP) is 0.794. The smallest absolute Gasteiger partial charge is 0.178 e. The molecule has 1 saturated heterocycles. The van der Waals surface area contributed by atoms with E-state index in [1.54, 1.807) is 6.07 Å². The van der Waals surface area contributed by atoms with E-state index < -0.39 is 6.29 Å². The van der Waals surface area contributed by atoms with E-state index in [1.165, 1.54) is 0 Å². The first-order valence-electron chi connectivity index (χ1n) is 7.91. The number of nitrogens with zero attached hydrogens (tertiary/aromatic N) is 2. The largest absolute Gasteiger partial charge is 0.381 e. The van der Waals surface area contributed by atoms with Gasteiger partial charge < -0.3 is 24.6 Å². The summed E-state index contributed by atoms with van der Waals surface area (Å²) in [6.45, 7) is 6.82. The molecule has 1 fully saturated rings. The van der Waals surface area contributed by atoms with Crippen LogP contribution >= 0.6 is 0 Å². The van der Waals surface area contributed by atoms with Crippen LogP contribution in [0.15, 0.2) is 6.07 Å². The molecule has 2 atom stereocenters. The van der Waals surface area contributed by atoms with E-state index in [1.807, 2.05) is 13.8 Å². The number of ether oxygens (including phenoxy) is 2. The Balaban J connectivity index is 1.98. The fourth-order valence-electron chi connectivity index (χ4n) is 3.33. The summed E-state index contributed by atoms with van der Waals surface area (Å²) in [5.74, 6) is 0.797.